The quantitative estimate of drug-likeness (QED) is 0.721. The molecule has 0 aromatic carbocycles. The number of aryl methyl sites for hydroxylation is 1. The van der Waals surface area contributed by atoms with Gasteiger partial charge in [-0.25, -0.2) is 0 Å². The summed E-state index contributed by atoms with van der Waals surface area (Å²) in [6.07, 6.45) is 3.61. The van der Waals surface area contributed by atoms with E-state index in [4.69, 9.17) is 11.6 Å². The molecule has 3 nitrogen and oxygen atoms in total. The van der Waals surface area contributed by atoms with Crippen LogP contribution in [0.15, 0.2) is 6.20 Å². The molecule has 1 heterocycles. The highest BCUT2D eigenvalue weighted by Gasteiger charge is 2.43. The maximum Gasteiger partial charge on any atom is 0.185 e. The standard InChI is InChI=1S/C10H13ClN2O/c1-3-6-4-7(6)10(14)9-8(11)5-12-13(9)2/h5-7H,3-4H2,1-2H3/t6-,7-/m1/s1. The molecule has 0 N–H and O–H groups in total. The molecule has 76 valence electrons. The molecular formula is C10H13ClN2O. The molecule has 0 aliphatic heterocycles. The summed E-state index contributed by atoms with van der Waals surface area (Å²) in [7, 11) is 1.75. The topological polar surface area (TPSA) is 34.9 Å². The summed E-state index contributed by atoms with van der Waals surface area (Å²) in [5.41, 5.74) is 0.563. The third-order valence-corrected chi connectivity index (χ3v) is 3.19. The summed E-state index contributed by atoms with van der Waals surface area (Å²) in [5, 5.41) is 4.43. The Labute approximate surface area is 88.1 Å². The summed E-state index contributed by atoms with van der Waals surface area (Å²) in [6.45, 7) is 2.11. The predicted molar refractivity (Wildman–Crippen MR) is 54.4 cm³/mol. The van der Waals surface area contributed by atoms with E-state index in [1.165, 1.54) is 6.20 Å². The van der Waals surface area contributed by atoms with Crippen LogP contribution in [-0.2, 0) is 7.05 Å². The molecule has 2 atom stereocenters. The molecule has 1 aliphatic carbocycles. The van der Waals surface area contributed by atoms with Crippen molar-refractivity contribution in [2.24, 2.45) is 18.9 Å². The van der Waals surface area contributed by atoms with Crippen LogP contribution < -0.4 is 0 Å². The fraction of sp³-hybridized carbons (Fsp3) is 0.600. The van der Waals surface area contributed by atoms with Gasteiger partial charge in [-0.1, -0.05) is 24.9 Å². The van der Waals surface area contributed by atoms with Crippen molar-refractivity contribution in [3.63, 3.8) is 0 Å². The summed E-state index contributed by atoms with van der Waals surface area (Å²) in [4.78, 5) is 11.9. The van der Waals surface area contributed by atoms with E-state index in [1.807, 2.05) is 0 Å². The average Bonchev–Trinajstić information content (AvgIpc) is 2.87. The van der Waals surface area contributed by atoms with Crippen LogP contribution in [0.2, 0.25) is 5.02 Å². The smallest absolute Gasteiger partial charge is 0.185 e. The van der Waals surface area contributed by atoms with Gasteiger partial charge >= 0.3 is 0 Å². The monoisotopic (exact) mass is 212 g/mol. The first-order valence-corrected chi connectivity index (χ1v) is 5.24. The Kier molecular flexibility index (Phi) is 2.35. The van der Waals surface area contributed by atoms with Gasteiger partial charge in [0.05, 0.1) is 11.2 Å². The van der Waals surface area contributed by atoms with E-state index in [-0.39, 0.29) is 11.7 Å². The lowest BCUT2D eigenvalue weighted by Crippen LogP contribution is -2.10. The largest absolute Gasteiger partial charge is 0.292 e. The van der Waals surface area contributed by atoms with Gasteiger partial charge in [0.1, 0.15) is 5.69 Å². The van der Waals surface area contributed by atoms with Crippen LogP contribution in [0.25, 0.3) is 0 Å². The van der Waals surface area contributed by atoms with Crippen LogP contribution in [0.5, 0.6) is 0 Å². The molecule has 0 spiro atoms. The summed E-state index contributed by atoms with van der Waals surface area (Å²) < 4.78 is 1.57. The predicted octanol–water partition coefficient (Wildman–Crippen LogP) is 2.30. The summed E-state index contributed by atoms with van der Waals surface area (Å²) in [6, 6.07) is 0. The van der Waals surface area contributed by atoms with Crippen molar-refractivity contribution in [3.05, 3.63) is 16.9 Å². The Bertz CT molecular complexity index is 353. The van der Waals surface area contributed by atoms with E-state index in [0.717, 1.165) is 12.8 Å². The Morgan fingerprint density at radius 2 is 2.50 bits per heavy atom. The highest BCUT2D eigenvalue weighted by molar-refractivity contribution is 6.33. The van der Waals surface area contributed by atoms with Gasteiger partial charge in [0.2, 0.25) is 0 Å². The highest BCUT2D eigenvalue weighted by atomic mass is 35.5. The lowest BCUT2D eigenvalue weighted by atomic mass is 10.1. The van der Waals surface area contributed by atoms with Gasteiger partial charge in [0, 0.05) is 13.0 Å². The molecule has 0 bridgehead atoms. The second-order valence-corrected chi connectivity index (χ2v) is 4.25. The van der Waals surface area contributed by atoms with Gasteiger partial charge in [0.25, 0.3) is 0 Å². The number of rotatable bonds is 3. The number of ketones is 1. The SMILES string of the molecule is CC[C@@H]1C[C@H]1C(=O)c1c(Cl)cnn1C. The van der Waals surface area contributed by atoms with Crippen LogP contribution >= 0.6 is 11.6 Å². The van der Waals surface area contributed by atoms with Crippen molar-refractivity contribution in [1.29, 1.82) is 0 Å². The van der Waals surface area contributed by atoms with Crippen molar-refractivity contribution >= 4 is 17.4 Å². The highest BCUT2D eigenvalue weighted by Crippen LogP contribution is 2.43. The normalized spacial score (nSPS) is 25.1. The molecule has 0 unspecified atom stereocenters. The Hall–Kier alpha value is -0.830. The third-order valence-electron chi connectivity index (χ3n) is 2.91. The van der Waals surface area contributed by atoms with Gasteiger partial charge in [-0.05, 0) is 12.3 Å². The minimum atomic E-state index is 0.154. The molecule has 2 rings (SSSR count). The molecule has 4 heteroatoms. The van der Waals surface area contributed by atoms with Crippen LogP contribution in [-0.4, -0.2) is 15.6 Å². The number of carbonyl (C=O) groups excluding carboxylic acids is 1. The zero-order valence-corrected chi connectivity index (χ0v) is 9.08. The second kappa shape index (κ2) is 3.39. The fourth-order valence-electron chi connectivity index (χ4n) is 1.88. The minimum absolute atomic E-state index is 0.154. The van der Waals surface area contributed by atoms with Crippen LogP contribution in [0.4, 0.5) is 0 Å². The minimum Gasteiger partial charge on any atom is -0.292 e. The van der Waals surface area contributed by atoms with Gasteiger partial charge in [-0.3, -0.25) is 9.48 Å². The number of nitrogens with zero attached hydrogens (tertiary/aromatic N) is 2. The maximum absolute atomic E-state index is 11.9. The van der Waals surface area contributed by atoms with Crippen molar-refractivity contribution in [1.82, 2.24) is 9.78 Å². The second-order valence-electron chi connectivity index (χ2n) is 3.84. The van der Waals surface area contributed by atoms with E-state index in [2.05, 4.69) is 12.0 Å². The molecule has 0 saturated heterocycles. The number of hydrogen-bond donors (Lipinski definition) is 0. The fourth-order valence-corrected chi connectivity index (χ4v) is 2.14. The average molecular weight is 213 g/mol. The third kappa shape index (κ3) is 1.46. The molecule has 1 fully saturated rings. The van der Waals surface area contributed by atoms with Crippen molar-refractivity contribution in [2.45, 2.75) is 19.8 Å². The number of aromatic nitrogens is 2. The summed E-state index contributed by atoms with van der Waals surface area (Å²) >= 11 is 5.90. The molecule has 1 aromatic rings. The van der Waals surface area contributed by atoms with Crippen molar-refractivity contribution in [3.8, 4) is 0 Å². The van der Waals surface area contributed by atoms with Gasteiger partial charge in [-0.15, -0.1) is 0 Å². The van der Waals surface area contributed by atoms with E-state index in [1.54, 1.807) is 11.7 Å². The first kappa shape index (κ1) is 9.71. The molecular weight excluding hydrogens is 200 g/mol. The number of carbonyl (C=O) groups is 1. The van der Waals surface area contributed by atoms with Gasteiger partial charge in [-0.2, -0.15) is 5.10 Å². The van der Waals surface area contributed by atoms with Crippen LogP contribution in [0.1, 0.15) is 30.3 Å². The zero-order valence-electron chi connectivity index (χ0n) is 8.33. The zero-order chi connectivity index (χ0) is 10.3. The van der Waals surface area contributed by atoms with Crippen molar-refractivity contribution < 1.29 is 4.79 Å². The van der Waals surface area contributed by atoms with E-state index >= 15 is 0 Å². The van der Waals surface area contributed by atoms with Crippen LogP contribution in [0, 0.1) is 11.8 Å². The molecule has 1 aliphatic rings. The Balaban J connectivity index is 2.20. The Morgan fingerprint density at radius 3 is 2.93 bits per heavy atom. The molecule has 14 heavy (non-hydrogen) atoms. The van der Waals surface area contributed by atoms with Gasteiger partial charge in [0.15, 0.2) is 5.78 Å². The molecule has 0 amide bonds. The Morgan fingerprint density at radius 1 is 1.79 bits per heavy atom. The van der Waals surface area contributed by atoms with Gasteiger partial charge < -0.3 is 0 Å². The van der Waals surface area contributed by atoms with Crippen molar-refractivity contribution in [2.75, 3.05) is 0 Å². The number of Topliss-reactive ketones (excluding diaryl/α,β-unsaturated/α-hetero) is 1. The first-order valence-electron chi connectivity index (χ1n) is 4.86. The first-order chi connectivity index (χ1) is 6.65. The lowest BCUT2D eigenvalue weighted by Gasteiger charge is -2.00. The molecule has 1 aromatic heterocycles. The van der Waals surface area contributed by atoms with E-state index < -0.39 is 0 Å². The number of halogens is 1. The molecule has 1 saturated carbocycles. The van der Waals surface area contributed by atoms with E-state index in [9.17, 15) is 4.79 Å². The van der Waals surface area contributed by atoms with Crippen LogP contribution in [0.3, 0.4) is 0 Å². The molecule has 0 radical (unpaired) electrons. The summed E-state index contributed by atoms with van der Waals surface area (Å²) in [5.74, 6) is 0.906. The maximum atomic E-state index is 11.9. The lowest BCUT2D eigenvalue weighted by molar-refractivity contribution is 0.0951. The number of hydrogen-bond acceptors (Lipinski definition) is 2. The van der Waals surface area contributed by atoms with E-state index in [0.29, 0.717) is 16.6 Å².